The first-order valence-electron chi connectivity index (χ1n) is 10.0. The molecule has 0 aliphatic heterocycles. The average molecular weight is 498 g/mol. The lowest BCUT2D eigenvalue weighted by atomic mass is 10.1. The lowest BCUT2D eigenvalue weighted by Crippen LogP contribution is -2.19. The molecular formula is C21H23ClF3N7O2. The smallest absolute Gasteiger partial charge is 0.435 e. The van der Waals surface area contributed by atoms with Gasteiger partial charge in [0.2, 0.25) is 5.88 Å². The average Bonchev–Trinajstić information content (AvgIpc) is 3.14. The summed E-state index contributed by atoms with van der Waals surface area (Å²) in [7, 11) is 2.98. The largest absolute Gasteiger partial charge is 0.475 e. The van der Waals surface area contributed by atoms with Crippen LogP contribution in [0.3, 0.4) is 0 Å². The first kappa shape index (κ1) is 25.2. The molecule has 182 valence electrons. The predicted octanol–water partition coefficient (Wildman–Crippen LogP) is 3.95. The number of rotatable bonds is 10. The Labute approximate surface area is 199 Å². The number of hydrogen-bond acceptors (Lipinski definition) is 8. The molecule has 0 aliphatic carbocycles. The molecule has 0 radical (unpaired) electrons. The van der Waals surface area contributed by atoms with E-state index >= 15 is 0 Å². The van der Waals surface area contributed by atoms with Gasteiger partial charge in [0.1, 0.15) is 11.8 Å². The monoisotopic (exact) mass is 497 g/mol. The SMILES string of the molecule is C=C(NCc1cc(C)c(-c2cn(C)nc2C(F)(F)F)nn1)Nc1cc(Cl)nc(OCCOC)c1. The van der Waals surface area contributed by atoms with E-state index in [4.69, 9.17) is 21.1 Å². The number of anilines is 1. The Balaban J connectivity index is 1.65. The summed E-state index contributed by atoms with van der Waals surface area (Å²) < 4.78 is 51.4. The van der Waals surface area contributed by atoms with Gasteiger partial charge in [-0.15, -0.1) is 5.10 Å². The number of halogens is 4. The van der Waals surface area contributed by atoms with Gasteiger partial charge in [-0.3, -0.25) is 4.68 Å². The molecule has 9 nitrogen and oxygen atoms in total. The minimum absolute atomic E-state index is 0.119. The van der Waals surface area contributed by atoms with E-state index in [1.54, 1.807) is 32.2 Å². The number of nitrogens with one attached hydrogen (secondary N) is 2. The van der Waals surface area contributed by atoms with E-state index in [-0.39, 0.29) is 23.0 Å². The van der Waals surface area contributed by atoms with E-state index in [2.05, 4.69) is 37.5 Å². The maximum absolute atomic E-state index is 13.3. The van der Waals surface area contributed by atoms with E-state index in [0.29, 0.717) is 41.9 Å². The molecule has 3 aromatic rings. The number of nitrogens with zero attached hydrogens (tertiary/aromatic N) is 5. The van der Waals surface area contributed by atoms with Crippen molar-refractivity contribution in [2.75, 3.05) is 25.6 Å². The normalized spacial score (nSPS) is 11.4. The highest BCUT2D eigenvalue weighted by atomic mass is 35.5. The Kier molecular flexibility index (Phi) is 7.94. The standard InChI is InChI=1S/C21H23ClF3N7O2/c1-12-7-15(29-30-19(12)16-11-32(3)31-20(16)21(23,24)25)10-26-13(2)27-14-8-17(22)28-18(9-14)34-6-5-33-4/h7-9,11,26H,2,5-6,10H2,1,3-4H3,(H,27,28). The molecule has 0 amide bonds. The number of pyridine rings is 1. The lowest BCUT2D eigenvalue weighted by molar-refractivity contribution is -0.141. The van der Waals surface area contributed by atoms with Crippen molar-refractivity contribution in [1.82, 2.24) is 30.3 Å². The first-order valence-corrected chi connectivity index (χ1v) is 10.4. The maximum atomic E-state index is 13.3. The number of alkyl halides is 3. The van der Waals surface area contributed by atoms with E-state index in [0.717, 1.165) is 4.68 Å². The molecule has 34 heavy (non-hydrogen) atoms. The fraction of sp³-hybridized carbons (Fsp3) is 0.333. The number of methoxy groups -OCH3 is 1. The van der Waals surface area contributed by atoms with Gasteiger partial charge in [-0.1, -0.05) is 18.2 Å². The van der Waals surface area contributed by atoms with Crippen molar-refractivity contribution in [3.05, 3.63) is 58.9 Å². The second-order valence-electron chi connectivity index (χ2n) is 7.25. The van der Waals surface area contributed by atoms with Crippen LogP contribution in [0.1, 0.15) is 17.0 Å². The van der Waals surface area contributed by atoms with Gasteiger partial charge in [-0.25, -0.2) is 4.98 Å². The second-order valence-corrected chi connectivity index (χ2v) is 7.63. The molecule has 0 saturated carbocycles. The summed E-state index contributed by atoms with van der Waals surface area (Å²) in [6.07, 6.45) is -3.32. The number of aromatic nitrogens is 5. The Morgan fingerprint density at radius 2 is 1.97 bits per heavy atom. The summed E-state index contributed by atoms with van der Waals surface area (Å²) in [4.78, 5) is 4.08. The summed E-state index contributed by atoms with van der Waals surface area (Å²) in [5, 5.41) is 17.9. The fourth-order valence-corrected chi connectivity index (χ4v) is 3.23. The van der Waals surface area contributed by atoms with Gasteiger partial charge in [0.05, 0.1) is 35.9 Å². The van der Waals surface area contributed by atoms with E-state index in [1.807, 2.05) is 0 Å². The molecule has 0 atom stereocenters. The van der Waals surface area contributed by atoms with Crippen molar-refractivity contribution >= 4 is 17.3 Å². The van der Waals surface area contributed by atoms with E-state index in [1.165, 1.54) is 13.2 Å². The van der Waals surface area contributed by atoms with E-state index < -0.39 is 11.9 Å². The molecule has 0 fully saturated rings. The van der Waals surface area contributed by atoms with Crippen LogP contribution in [0.2, 0.25) is 5.15 Å². The Morgan fingerprint density at radius 1 is 1.21 bits per heavy atom. The molecule has 0 spiro atoms. The van der Waals surface area contributed by atoms with Crippen LogP contribution in [0.25, 0.3) is 11.3 Å². The molecule has 13 heteroatoms. The summed E-state index contributed by atoms with van der Waals surface area (Å²) in [5.41, 5.74) is 0.633. The number of aryl methyl sites for hydroxylation is 2. The van der Waals surface area contributed by atoms with Crippen LogP contribution in [0, 0.1) is 6.92 Å². The van der Waals surface area contributed by atoms with Crippen LogP contribution in [0.5, 0.6) is 5.88 Å². The molecule has 0 saturated heterocycles. The van der Waals surface area contributed by atoms with Crippen LogP contribution in [0.15, 0.2) is 36.8 Å². The van der Waals surface area contributed by atoms with E-state index in [9.17, 15) is 13.2 Å². The maximum Gasteiger partial charge on any atom is 0.435 e. The third-order valence-electron chi connectivity index (χ3n) is 4.47. The minimum Gasteiger partial charge on any atom is -0.475 e. The molecule has 0 bridgehead atoms. The topological polar surface area (TPSA) is 99.0 Å². The minimum atomic E-state index is -4.60. The lowest BCUT2D eigenvalue weighted by Gasteiger charge is -2.14. The molecule has 3 rings (SSSR count). The van der Waals surface area contributed by atoms with Crippen LogP contribution < -0.4 is 15.4 Å². The van der Waals surface area contributed by atoms with Gasteiger partial charge in [-0.2, -0.15) is 23.4 Å². The van der Waals surface area contributed by atoms with Crippen molar-refractivity contribution < 1.29 is 22.6 Å². The number of hydrogen-bond donors (Lipinski definition) is 2. The molecule has 0 aromatic carbocycles. The first-order chi connectivity index (χ1) is 16.1. The summed E-state index contributed by atoms with van der Waals surface area (Å²) in [5.74, 6) is 0.755. The molecular weight excluding hydrogens is 475 g/mol. The molecule has 3 heterocycles. The van der Waals surface area contributed by atoms with Crippen LogP contribution in [-0.4, -0.2) is 45.3 Å². The predicted molar refractivity (Wildman–Crippen MR) is 120 cm³/mol. The van der Waals surface area contributed by atoms with Gasteiger partial charge in [0.15, 0.2) is 5.69 Å². The van der Waals surface area contributed by atoms with Crippen molar-refractivity contribution in [2.24, 2.45) is 7.05 Å². The van der Waals surface area contributed by atoms with Crippen LogP contribution in [0.4, 0.5) is 18.9 Å². The van der Waals surface area contributed by atoms with Crippen molar-refractivity contribution in [3.8, 4) is 17.1 Å². The van der Waals surface area contributed by atoms with Crippen molar-refractivity contribution in [2.45, 2.75) is 19.6 Å². The van der Waals surface area contributed by atoms with Gasteiger partial charge in [-0.05, 0) is 24.6 Å². The fourth-order valence-electron chi connectivity index (χ4n) is 3.03. The van der Waals surface area contributed by atoms with Gasteiger partial charge >= 0.3 is 6.18 Å². The van der Waals surface area contributed by atoms with Crippen LogP contribution >= 0.6 is 11.6 Å². The Bertz CT molecular complexity index is 1170. The quantitative estimate of drug-likeness (QED) is 0.321. The second kappa shape index (κ2) is 10.7. The molecule has 0 aliphatic rings. The highest BCUT2D eigenvalue weighted by molar-refractivity contribution is 6.29. The van der Waals surface area contributed by atoms with Crippen molar-refractivity contribution in [1.29, 1.82) is 0 Å². The van der Waals surface area contributed by atoms with Crippen LogP contribution in [-0.2, 0) is 24.5 Å². The molecule has 0 unspecified atom stereocenters. The van der Waals surface area contributed by atoms with Gasteiger partial charge in [0, 0.05) is 32.1 Å². The van der Waals surface area contributed by atoms with Gasteiger partial charge in [0.25, 0.3) is 0 Å². The van der Waals surface area contributed by atoms with Crippen molar-refractivity contribution in [3.63, 3.8) is 0 Å². The Morgan fingerprint density at radius 3 is 2.65 bits per heavy atom. The number of ether oxygens (including phenoxy) is 2. The zero-order valence-corrected chi connectivity index (χ0v) is 19.5. The molecule has 2 N–H and O–H groups in total. The highest BCUT2D eigenvalue weighted by Crippen LogP contribution is 2.36. The zero-order valence-electron chi connectivity index (χ0n) is 18.7. The highest BCUT2D eigenvalue weighted by Gasteiger charge is 2.38. The zero-order chi connectivity index (χ0) is 24.9. The summed E-state index contributed by atoms with van der Waals surface area (Å²) in [6.45, 7) is 6.52. The summed E-state index contributed by atoms with van der Waals surface area (Å²) >= 11 is 6.04. The van der Waals surface area contributed by atoms with Gasteiger partial charge < -0.3 is 20.1 Å². The Hall–Kier alpha value is -3.38. The third-order valence-corrected chi connectivity index (χ3v) is 4.67. The molecule has 3 aromatic heterocycles. The third kappa shape index (κ3) is 6.58. The summed E-state index contributed by atoms with van der Waals surface area (Å²) in [6, 6.07) is 4.91.